The Morgan fingerprint density at radius 1 is 0.645 bits per heavy atom. The van der Waals surface area contributed by atoms with E-state index in [4.69, 9.17) is 0 Å². The summed E-state index contributed by atoms with van der Waals surface area (Å²) in [6, 6.07) is 32.6. The maximum Gasteiger partial charge on any atom is 0.0497 e. The van der Waals surface area contributed by atoms with Gasteiger partial charge in [0.1, 0.15) is 0 Å². The van der Waals surface area contributed by atoms with Crippen molar-refractivity contribution in [3.63, 3.8) is 0 Å². The summed E-state index contributed by atoms with van der Waals surface area (Å²) in [7, 11) is 2.01. The van der Waals surface area contributed by atoms with Crippen LogP contribution in [0.2, 0.25) is 0 Å². The zero-order valence-electron chi connectivity index (χ0n) is 18.7. The fourth-order valence-electron chi connectivity index (χ4n) is 4.00. The summed E-state index contributed by atoms with van der Waals surface area (Å²) in [5.41, 5.74) is 12.3. The van der Waals surface area contributed by atoms with Crippen molar-refractivity contribution in [2.45, 2.75) is 20.8 Å². The standard InChI is InChI=1S/C30H29N/c1-21-10-14-24(15-11-21)23(3)20-29-27(25-8-6-5-7-9-25)18-19-28(30(29)31-4)26-16-12-22(2)13-17-26/h5-20,31H,1-4H3/b23-20+. The van der Waals surface area contributed by atoms with Crippen LogP contribution in [-0.4, -0.2) is 7.05 Å². The van der Waals surface area contributed by atoms with Crippen LogP contribution in [0.3, 0.4) is 0 Å². The quantitative estimate of drug-likeness (QED) is 0.331. The molecule has 4 rings (SSSR count). The van der Waals surface area contributed by atoms with Crippen molar-refractivity contribution in [1.82, 2.24) is 0 Å². The van der Waals surface area contributed by atoms with Gasteiger partial charge in [-0.3, -0.25) is 0 Å². The van der Waals surface area contributed by atoms with Crippen LogP contribution in [0.4, 0.5) is 5.69 Å². The Labute approximate surface area is 186 Å². The molecule has 1 N–H and O–H groups in total. The van der Waals surface area contributed by atoms with Gasteiger partial charge in [-0.05, 0) is 54.7 Å². The molecule has 0 spiro atoms. The maximum absolute atomic E-state index is 3.51. The second kappa shape index (κ2) is 9.06. The second-order valence-electron chi connectivity index (χ2n) is 8.12. The number of allylic oxidation sites excluding steroid dienone is 1. The molecule has 0 saturated heterocycles. The Bertz CT molecular complexity index is 1200. The lowest BCUT2D eigenvalue weighted by Gasteiger charge is -2.18. The number of nitrogens with one attached hydrogen (secondary N) is 1. The van der Waals surface area contributed by atoms with Crippen LogP contribution in [0.15, 0.2) is 91.0 Å². The molecule has 0 amide bonds. The molecule has 0 unspecified atom stereocenters. The molecule has 0 fully saturated rings. The van der Waals surface area contributed by atoms with Gasteiger partial charge < -0.3 is 5.32 Å². The van der Waals surface area contributed by atoms with Crippen LogP contribution in [-0.2, 0) is 0 Å². The highest BCUT2D eigenvalue weighted by Gasteiger charge is 2.14. The van der Waals surface area contributed by atoms with E-state index in [9.17, 15) is 0 Å². The smallest absolute Gasteiger partial charge is 0.0497 e. The Morgan fingerprint density at radius 2 is 1.19 bits per heavy atom. The molecule has 0 aliphatic heterocycles. The summed E-state index contributed by atoms with van der Waals surface area (Å²) in [4.78, 5) is 0. The first-order valence-corrected chi connectivity index (χ1v) is 10.8. The molecule has 1 heteroatoms. The van der Waals surface area contributed by atoms with Crippen molar-refractivity contribution in [2.24, 2.45) is 0 Å². The first kappa shape index (κ1) is 20.7. The third kappa shape index (κ3) is 4.46. The number of rotatable bonds is 5. The number of benzene rings is 4. The number of anilines is 1. The molecule has 0 saturated carbocycles. The highest BCUT2D eigenvalue weighted by molar-refractivity contribution is 5.96. The molecule has 0 aliphatic carbocycles. The van der Waals surface area contributed by atoms with Crippen LogP contribution in [0, 0.1) is 13.8 Å². The van der Waals surface area contributed by atoms with Gasteiger partial charge in [-0.15, -0.1) is 0 Å². The predicted octanol–water partition coefficient (Wildman–Crippen LogP) is 8.24. The third-order valence-corrected chi connectivity index (χ3v) is 5.81. The van der Waals surface area contributed by atoms with E-state index in [1.807, 2.05) is 7.05 Å². The van der Waals surface area contributed by atoms with Crippen LogP contribution < -0.4 is 5.32 Å². The Kier molecular flexibility index (Phi) is 6.04. The van der Waals surface area contributed by atoms with Gasteiger partial charge in [0.25, 0.3) is 0 Å². The van der Waals surface area contributed by atoms with Crippen LogP contribution in [0.25, 0.3) is 33.9 Å². The van der Waals surface area contributed by atoms with Gasteiger partial charge >= 0.3 is 0 Å². The van der Waals surface area contributed by atoms with Crippen molar-refractivity contribution in [3.05, 3.63) is 113 Å². The SMILES string of the molecule is CNc1c(-c2ccc(C)cc2)ccc(-c2ccccc2)c1/C=C(\C)c1ccc(C)cc1. The molecule has 4 aromatic carbocycles. The molecule has 31 heavy (non-hydrogen) atoms. The van der Waals surface area contributed by atoms with Crippen LogP contribution >= 0.6 is 0 Å². The minimum absolute atomic E-state index is 1.15. The van der Waals surface area contributed by atoms with E-state index in [1.54, 1.807) is 0 Å². The second-order valence-corrected chi connectivity index (χ2v) is 8.12. The Morgan fingerprint density at radius 3 is 1.81 bits per heavy atom. The van der Waals surface area contributed by atoms with Gasteiger partial charge in [0, 0.05) is 23.9 Å². The maximum atomic E-state index is 3.51. The lowest BCUT2D eigenvalue weighted by Crippen LogP contribution is -1.98. The molecular formula is C30H29N. The number of hydrogen-bond donors (Lipinski definition) is 1. The normalized spacial score (nSPS) is 11.4. The minimum atomic E-state index is 1.15. The van der Waals surface area contributed by atoms with Crippen molar-refractivity contribution in [3.8, 4) is 22.3 Å². The highest BCUT2D eigenvalue weighted by atomic mass is 14.8. The first-order valence-electron chi connectivity index (χ1n) is 10.8. The lowest BCUT2D eigenvalue weighted by molar-refractivity contribution is 1.44. The van der Waals surface area contributed by atoms with E-state index in [1.165, 1.54) is 50.1 Å². The molecule has 0 radical (unpaired) electrons. The van der Waals surface area contributed by atoms with Gasteiger partial charge in [0.2, 0.25) is 0 Å². The number of hydrogen-bond acceptors (Lipinski definition) is 1. The zero-order valence-corrected chi connectivity index (χ0v) is 18.7. The molecule has 0 atom stereocenters. The van der Waals surface area contributed by atoms with Crippen molar-refractivity contribution in [1.29, 1.82) is 0 Å². The topological polar surface area (TPSA) is 12.0 Å². The molecule has 1 nitrogen and oxygen atoms in total. The largest absolute Gasteiger partial charge is 0.387 e. The monoisotopic (exact) mass is 403 g/mol. The third-order valence-electron chi connectivity index (χ3n) is 5.81. The average Bonchev–Trinajstić information content (AvgIpc) is 2.80. The van der Waals surface area contributed by atoms with Crippen LogP contribution in [0.5, 0.6) is 0 Å². The Balaban J connectivity index is 1.94. The molecule has 0 bridgehead atoms. The van der Waals surface area contributed by atoms with E-state index in [0.29, 0.717) is 0 Å². The minimum Gasteiger partial charge on any atom is -0.387 e. The van der Waals surface area contributed by atoms with Gasteiger partial charge in [-0.25, -0.2) is 0 Å². The van der Waals surface area contributed by atoms with Crippen LogP contribution in [0.1, 0.15) is 29.2 Å². The van der Waals surface area contributed by atoms with E-state index < -0.39 is 0 Å². The summed E-state index contributed by atoms with van der Waals surface area (Å²) in [6.45, 7) is 6.44. The molecule has 0 aromatic heterocycles. The zero-order chi connectivity index (χ0) is 21.8. The molecular weight excluding hydrogens is 374 g/mol. The predicted molar refractivity (Wildman–Crippen MR) is 136 cm³/mol. The number of aryl methyl sites for hydroxylation is 2. The molecule has 154 valence electrons. The van der Waals surface area contributed by atoms with E-state index in [0.717, 1.165) is 5.69 Å². The summed E-state index contributed by atoms with van der Waals surface area (Å²) >= 11 is 0. The fourth-order valence-corrected chi connectivity index (χ4v) is 4.00. The first-order chi connectivity index (χ1) is 15.1. The van der Waals surface area contributed by atoms with Gasteiger partial charge in [0.15, 0.2) is 0 Å². The Hall–Kier alpha value is -3.58. The van der Waals surface area contributed by atoms with E-state index in [-0.39, 0.29) is 0 Å². The average molecular weight is 404 g/mol. The molecule has 4 aromatic rings. The van der Waals surface area contributed by atoms with Gasteiger partial charge in [-0.2, -0.15) is 0 Å². The lowest BCUT2D eigenvalue weighted by atomic mass is 9.90. The van der Waals surface area contributed by atoms with Crippen molar-refractivity contribution < 1.29 is 0 Å². The van der Waals surface area contributed by atoms with E-state index in [2.05, 4.69) is 123 Å². The molecule has 0 heterocycles. The van der Waals surface area contributed by atoms with Gasteiger partial charge in [0.05, 0.1) is 0 Å². The van der Waals surface area contributed by atoms with Gasteiger partial charge in [-0.1, -0.05) is 102 Å². The summed E-state index contributed by atoms with van der Waals surface area (Å²) in [5, 5.41) is 3.51. The summed E-state index contributed by atoms with van der Waals surface area (Å²) in [6.07, 6.45) is 2.32. The van der Waals surface area contributed by atoms with E-state index >= 15 is 0 Å². The fraction of sp³-hybridized carbons (Fsp3) is 0.133. The van der Waals surface area contributed by atoms with Crippen molar-refractivity contribution >= 4 is 17.3 Å². The summed E-state index contributed by atoms with van der Waals surface area (Å²) in [5.74, 6) is 0. The molecule has 0 aliphatic rings. The summed E-state index contributed by atoms with van der Waals surface area (Å²) < 4.78 is 0. The van der Waals surface area contributed by atoms with Crippen molar-refractivity contribution in [2.75, 3.05) is 12.4 Å². The highest BCUT2D eigenvalue weighted by Crippen LogP contribution is 2.39.